The molecule has 1 amide bonds. The number of aromatic nitrogens is 3. The van der Waals surface area contributed by atoms with E-state index in [9.17, 15) is 9.18 Å². The molecule has 31 heavy (non-hydrogen) atoms. The minimum absolute atomic E-state index is 0.251. The highest BCUT2D eigenvalue weighted by Crippen LogP contribution is 2.25. The standard InChI is InChI=1S/C24H23FN4O2/c1-15-23(16(2)29(28-15)12-11-17-7-6-8-18(25)13-17)27-24(30)20-14-22(31-3)26-21-10-5-4-9-19(20)21/h4-10,13-14H,11-12H2,1-3H3,(H,27,30). The number of carbonyl (C=O) groups excluding carboxylic acids is 1. The molecule has 0 aliphatic carbocycles. The average molecular weight is 418 g/mol. The van der Waals surface area contributed by atoms with Gasteiger partial charge in [0.25, 0.3) is 5.91 Å². The van der Waals surface area contributed by atoms with Gasteiger partial charge in [-0.3, -0.25) is 9.48 Å². The highest BCUT2D eigenvalue weighted by atomic mass is 19.1. The van der Waals surface area contributed by atoms with Crippen LogP contribution in [-0.2, 0) is 13.0 Å². The maximum absolute atomic E-state index is 13.4. The first-order valence-corrected chi connectivity index (χ1v) is 10.00. The lowest BCUT2D eigenvalue weighted by atomic mass is 10.1. The van der Waals surface area contributed by atoms with Crippen molar-refractivity contribution in [2.45, 2.75) is 26.8 Å². The molecule has 4 rings (SSSR count). The van der Waals surface area contributed by atoms with Crippen molar-refractivity contribution in [3.05, 3.63) is 82.9 Å². The van der Waals surface area contributed by atoms with Crippen LogP contribution >= 0.6 is 0 Å². The van der Waals surface area contributed by atoms with Crippen molar-refractivity contribution in [1.82, 2.24) is 14.8 Å². The van der Waals surface area contributed by atoms with Gasteiger partial charge in [0.1, 0.15) is 5.82 Å². The molecule has 0 fully saturated rings. The van der Waals surface area contributed by atoms with Gasteiger partial charge in [0.2, 0.25) is 5.88 Å². The van der Waals surface area contributed by atoms with E-state index in [0.717, 1.165) is 22.3 Å². The van der Waals surface area contributed by atoms with Gasteiger partial charge in [-0.25, -0.2) is 9.37 Å². The monoisotopic (exact) mass is 418 g/mol. The molecule has 7 heteroatoms. The second-order valence-corrected chi connectivity index (χ2v) is 7.33. The SMILES string of the molecule is COc1cc(C(=O)Nc2c(C)nn(CCc3cccc(F)c3)c2C)c2ccccc2n1. The Kier molecular flexibility index (Phi) is 5.66. The number of carbonyl (C=O) groups is 1. The molecule has 4 aromatic rings. The number of benzene rings is 2. The van der Waals surface area contributed by atoms with Gasteiger partial charge >= 0.3 is 0 Å². The zero-order chi connectivity index (χ0) is 22.0. The van der Waals surface area contributed by atoms with Crippen molar-refractivity contribution in [3.63, 3.8) is 0 Å². The van der Waals surface area contributed by atoms with E-state index in [4.69, 9.17) is 4.74 Å². The molecule has 6 nitrogen and oxygen atoms in total. The number of halogens is 1. The number of hydrogen-bond donors (Lipinski definition) is 1. The van der Waals surface area contributed by atoms with Crippen molar-refractivity contribution in [1.29, 1.82) is 0 Å². The predicted octanol–water partition coefficient (Wildman–Crippen LogP) is 4.69. The van der Waals surface area contributed by atoms with Crippen molar-refractivity contribution in [3.8, 4) is 5.88 Å². The van der Waals surface area contributed by atoms with Crippen LogP contribution in [0.3, 0.4) is 0 Å². The summed E-state index contributed by atoms with van der Waals surface area (Å²) in [7, 11) is 1.52. The third-order valence-corrected chi connectivity index (χ3v) is 5.27. The van der Waals surface area contributed by atoms with Gasteiger partial charge in [-0.1, -0.05) is 30.3 Å². The molecule has 0 bridgehead atoms. The molecule has 0 aliphatic rings. The number of fused-ring (bicyclic) bond motifs is 1. The quantitative estimate of drug-likeness (QED) is 0.493. The largest absolute Gasteiger partial charge is 0.481 e. The summed E-state index contributed by atoms with van der Waals surface area (Å²) in [5.41, 5.74) is 4.29. The number of anilines is 1. The van der Waals surface area contributed by atoms with Gasteiger partial charge in [-0.2, -0.15) is 5.10 Å². The van der Waals surface area contributed by atoms with E-state index in [1.807, 2.05) is 48.9 Å². The van der Waals surface area contributed by atoms with Crippen LogP contribution in [0.5, 0.6) is 5.88 Å². The fraction of sp³-hybridized carbons (Fsp3) is 0.208. The highest BCUT2D eigenvalue weighted by molar-refractivity contribution is 6.12. The third-order valence-electron chi connectivity index (χ3n) is 5.27. The third kappa shape index (κ3) is 4.26. The minimum Gasteiger partial charge on any atom is -0.481 e. The molecule has 0 saturated carbocycles. The lowest BCUT2D eigenvalue weighted by molar-refractivity contribution is 0.102. The Bertz CT molecular complexity index is 1270. The van der Waals surface area contributed by atoms with Crippen LogP contribution in [0.2, 0.25) is 0 Å². The van der Waals surface area contributed by atoms with Gasteiger partial charge in [0.05, 0.1) is 35.3 Å². The molecule has 2 aromatic carbocycles. The first kappa shape index (κ1) is 20.5. The van der Waals surface area contributed by atoms with E-state index in [1.54, 1.807) is 12.1 Å². The summed E-state index contributed by atoms with van der Waals surface area (Å²) >= 11 is 0. The van der Waals surface area contributed by atoms with Crippen molar-refractivity contribution < 1.29 is 13.9 Å². The van der Waals surface area contributed by atoms with Crippen LogP contribution in [0.1, 0.15) is 27.3 Å². The van der Waals surface area contributed by atoms with Crippen LogP contribution in [-0.4, -0.2) is 27.8 Å². The van der Waals surface area contributed by atoms with E-state index >= 15 is 0 Å². The lowest BCUT2D eigenvalue weighted by Crippen LogP contribution is -2.14. The number of pyridine rings is 1. The molecular weight excluding hydrogens is 395 g/mol. The number of ether oxygens (including phenoxy) is 1. The summed E-state index contributed by atoms with van der Waals surface area (Å²) in [6.45, 7) is 4.34. The number of methoxy groups -OCH3 is 1. The molecule has 0 saturated heterocycles. The zero-order valence-corrected chi connectivity index (χ0v) is 17.6. The molecule has 0 spiro atoms. The van der Waals surface area contributed by atoms with Crippen LogP contribution in [0.15, 0.2) is 54.6 Å². The summed E-state index contributed by atoms with van der Waals surface area (Å²) in [5.74, 6) is -0.130. The first-order chi connectivity index (χ1) is 15.0. The van der Waals surface area contributed by atoms with Gasteiger partial charge in [0, 0.05) is 18.0 Å². The summed E-state index contributed by atoms with van der Waals surface area (Å²) < 4.78 is 20.5. The molecule has 0 aliphatic heterocycles. The second kappa shape index (κ2) is 8.55. The number of rotatable bonds is 6. The molecule has 2 heterocycles. The fourth-order valence-electron chi connectivity index (χ4n) is 3.65. The number of para-hydroxylation sites is 1. The van der Waals surface area contributed by atoms with Crippen LogP contribution in [0.25, 0.3) is 10.9 Å². The minimum atomic E-state index is -0.257. The van der Waals surface area contributed by atoms with Crippen LogP contribution in [0, 0.1) is 19.7 Å². The molecule has 0 radical (unpaired) electrons. The van der Waals surface area contributed by atoms with Gasteiger partial charge in [-0.05, 0) is 44.0 Å². The smallest absolute Gasteiger partial charge is 0.256 e. The summed E-state index contributed by atoms with van der Waals surface area (Å²) in [4.78, 5) is 17.6. The maximum Gasteiger partial charge on any atom is 0.256 e. The Labute approximate surface area is 179 Å². The number of amides is 1. The highest BCUT2D eigenvalue weighted by Gasteiger charge is 2.18. The fourth-order valence-corrected chi connectivity index (χ4v) is 3.65. The predicted molar refractivity (Wildman–Crippen MR) is 118 cm³/mol. The van der Waals surface area contributed by atoms with Crippen LogP contribution in [0.4, 0.5) is 10.1 Å². The average Bonchev–Trinajstić information content (AvgIpc) is 3.04. The first-order valence-electron chi connectivity index (χ1n) is 10.00. The maximum atomic E-state index is 13.4. The van der Waals surface area contributed by atoms with E-state index < -0.39 is 0 Å². The summed E-state index contributed by atoms with van der Waals surface area (Å²) in [6, 6.07) is 15.6. The number of aryl methyl sites for hydroxylation is 3. The Hall–Kier alpha value is -3.74. The second-order valence-electron chi connectivity index (χ2n) is 7.33. The summed E-state index contributed by atoms with van der Waals surface area (Å²) in [5, 5.41) is 8.31. The Morgan fingerprint density at radius 2 is 1.94 bits per heavy atom. The Balaban J connectivity index is 1.59. The number of nitrogens with zero attached hydrogens (tertiary/aromatic N) is 3. The topological polar surface area (TPSA) is 69.0 Å². The van der Waals surface area contributed by atoms with Crippen LogP contribution < -0.4 is 10.1 Å². The summed E-state index contributed by atoms with van der Waals surface area (Å²) in [6.07, 6.45) is 0.638. The van der Waals surface area contributed by atoms with Crippen molar-refractivity contribution >= 4 is 22.5 Å². The number of nitrogens with one attached hydrogen (secondary N) is 1. The molecular formula is C24H23FN4O2. The van der Waals surface area contributed by atoms with Gasteiger partial charge in [0.15, 0.2) is 0 Å². The Morgan fingerprint density at radius 3 is 2.71 bits per heavy atom. The van der Waals surface area contributed by atoms with Gasteiger partial charge < -0.3 is 10.1 Å². The molecule has 0 unspecified atom stereocenters. The van der Waals surface area contributed by atoms with E-state index in [-0.39, 0.29) is 11.7 Å². The molecule has 0 atom stereocenters. The lowest BCUT2D eigenvalue weighted by Gasteiger charge is -2.10. The van der Waals surface area contributed by atoms with E-state index in [1.165, 1.54) is 19.2 Å². The van der Waals surface area contributed by atoms with Crippen molar-refractivity contribution in [2.24, 2.45) is 0 Å². The van der Waals surface area contributed by atoms with E-state index in [2.05, 4.69) is 15.4 Å². The number of hydrogen-bond acceptors (Lipinski definition) is 4. The molecule has 1 N–H and O–H groups in total. The zero-order valence-electron chi connectivity index (χ0n) is 17.6. The molecule has 158 valence electrons. The van der Waals surface area contributed by atoms with Crippen molar-refractivity contribution in [2.75, 3.05) is 12.4 Å². The normalized spacial score (nSPS) is 11.0. The van der Waals surface area contributed by atoms with E-state index in [0.29, 0.717) is 35.6 Å². The van der Waals surface area contributed by atoms with Gasteiger partial charge in [-0.15, -0.1) is 0 Å². The molecule has 2 aromatic heterocycles. The Morgan fingerprint density at radius 1 is 1.13 bits per heavy atom.